The van der Waals surface area contributed by atoms with Gasteiger partial charge in [0.25, 0.3) is 0 Å². The van der Waals surface area contributed by atoms with Crippen molar-refractivity contribution in [2.75, 3.05) is 13.1 Å². The van der Waals surface area contributed by atoms with Crippen LogP contribution in [0.1, 0.15) is 49.3 Å². The molecule has 1 aromatic rings. The van der Waals surface area contributed by atoms with Gasteiger partial charge in [-0.15, -0.1) is 0 Å². The van der Waals surface area contributed by atoms with Crippen LogP contribution in [-0.4, -0.2) is 23.9 Å². The topological polar surface area (TPSA) is 46.3 Å². The molecule has 1 aliphatic heterocycles. The molecule has 3 nitrogen and oxygen atoms in total. The van der Waals surface area contributed by atoms with Gasteiger partial charge >= 0.3 is 0 Å². The summed E-state index contributed by atoms with van der Waals surface area (Å²) in [6.07, 6.45) is 4.69. The lowest BCUT2D eigenvalue weighted by molar-refractivity contribution is -0.132. The predicted molar refractivity (Wildman–Crippen MR) is 77.8 cm³/mol. The van der Waals surface area contributed by atoms with E-state index in [1.165, 1.54) is 11.1 Å². The maximum atomic E-state index is 12.3. The van der Waals surface area contributed by atoms with Crippen LogP contribution in [0.2, 0.25) is 0 Å². The van der Waals surface area contributed by atoms with Crippen LogP contribution in [0.4, 0.5) is 0 Å². The van der Waals surface area contributed by atoms with E-state index in [2.05, 4.69) is 36.1 Å². The predicted octanol–water partition coefficient (Wildman–Crippen LogP) is 2.79. The minimum atomic E-state index is 0.283. The lowest BCUT2D eigenvalue weighted by atomic mass is 10.0. The molecule has 2 N–H and O–H groups in total. The molecule has 0 aromatic heterocycles. The van der Waals surface area contributed by atoms with Crippen molar-refractivity contribution in [3.8, 4) is 0 Å². The molecule has 1 amide bonds. The third-order valence-electron chi connectivity index (χ3n) is 3.84. The summed E-state index contributed by atoms with van der Waals surface area (Å²) >= 11 is 0. The highest BCUT2D eigenvalue weighted by Gasteiger charge is 2.29. The van der Waals surface area contributed by atoms with E-state index in [1.54, 1.807) is 0 Å². The summed E-state index contributed by atoms with van der Waals surface area (Å²) in [5.74, 6) is 0.289. The Morgan fingerprint density at radius 1 is 1.42 bits per heavy atom. The van der Waals surface area contributed by atoms with Crippen molar-refractivity contribution in [3.63, 3.8) is 0 Å². The number of nitrogens with zero attached hydrogens (tertiary/aromatic N) is 1. The van der Waals surface area contributed by atoms with Crippen molar-refractivity contribution < 1.29 is 4.79 Å². The Balaban J connectivity index is 2.02. The van der Waals surface area contributed by atoms with Gasteiger partial charge in [-0.2, -0.15) is 0 Å². The molecule has 1 aromatic carbocycles. The number of aryl methyl sites for hydroxylation is 1. The van der Waals surface area contributed by atoms with E-state index in [1.807, 2.05) is 0 Å². The molecule has 0 saturated carbocycles. The fourth-order valence-corrected chi connectivity index (χ4v) is 2.85. The standard InChI is InChI=1S/C16H24N2O/c1-13-6-4-7-14(12-13)15-8-5-11-18(15)16(19)9-2-3-10-17/h4,6-7,12,15H,2-3,5,8-11,17H2,1H3. The summed E-state index contributed by atoms with van der Waals surface area (Å²) in [5, 5.41) is 0. The maximum absolute atomic E-state index is 12.3. The molecular weight excluding hydrogens is 236 g/mol. The fraction of sp³-hybridized carbons (Fsp3) is 0.562. The van der Waals surface area contributed by atoms with Gasteiger partial charge < -0.3 is 10.6 Å². The Bertz CT molecular complexity index is 431. The van der Waals surface area contributed by atoms with Gasteiger partial charge in [0.15, 0.2) is 0 Å². The van der Waals surface area contributed by atoms with Gasteiger partial charge in [-0.25, -0.2) is 0 Å². The number of unbranched alkanes of at least 4 members (excludes halogenated alkanes) is 1. The van der Waals surface area contributed by atoms with E-state index in [0.29, 0.717) is 13.0 Å². The maximum Gasteiger partial charge on any atom is 0.223 e. The average molecular weight is 260 g/mol. The Morgan fingerprint density at radius 2 is 2.26 bits per heavy atom. The second kappa shape index (κ2) is 6.71. The van der Waals surface area contributed by atoms with Crippen molar-refractivity contribution in [2.24, 2.45) is 5.73 Å². The number of rotatable bonds is 5. The fourth-order valence-electron chi connectivity index (χ4n) is 2.85. The summed E-state index contributed by atoms with van der Waals surface area (Å²) in [5.41, 5.74) is 8.02. The number of amides is 1. The van der Waals surface area contributed by atoms with Gasteiger partial charge in [-0.05, 0) is 44.7 Å². The number of hydrogen-bond acceptors (Lipinski definition) is 2. The molecule has 0 bridgehead atoms. The van der Waals surface area contributed by atoms with E-state index in [9.17, 15) is 4.79 Å². The smallest absolute Gasteiger partial charge is 0.223 e. The molecule has 1 heterocycles. The highest BCUT2D eigenvalue weighted by atomic mass is 16.2. The highest BCUT2D eigenvalue weighted by Crippen LogP contribution is 2.32. The summed E-state index contributed by atoms with van der Waals surface area (Å²) in [4.78, 5) is 14.3. The van der Waals surface area contributed by atoms with Crippen molar-refractivity contribution in [2.45, 2.75) is 45.1 Å². The highest BCUT2D eigenvalue weighted by molar-refractivity contribution is 5.77. The number of likely N-dealkylation sites (tertiary alicyclic amines) is 1. The average Bonchev–Trinajstić information content (AvgIpc) is 2.88. The Kier molecular flexibility index (Phi) is 4.97. The molecule has 2 rings (SSSR count). The third kappa shape index (κ3) is 3.57. The van der Waals surface area contributed by atoms with Crippen molar-refractivity contribution >= 4 is 5.91 Å². The lowest BCUT2D eigenvalue weighted by Crippen LogP contribution is -2.30. The van der Waals surface area contributed by atoms with E-state index in [-0.39, 0.29) is 11.9 Å². The number of carbonyl (C=O) groups excluding carboxylic acids is 1. The van der Waals surface area contributed by atoms with Gasteiger partial charge in [0.1, 0.15) is 0 Å². The number of benzene rings is 1. The number of carbonyl (C=O) groups is 1. The van der Waals surface area contributed by atoms with Crippen LogP contribution in [0.25, 0.3) is 0 Å². The van der Waals surface area contributed by atoms with E-state index in [0.717, 1.165) is 32.2 Å². The Labute approximate surface area is 115 Å². The zero-order valence-electron chi connectivity index (χ0n) is 11.8. The molecule has 0 radical (unpaired) electrons. The van der Waals surface area contributed by atoms with Crippen LogP contribution < -0.4 is 5.73 Å². The first-order valence-corrected chi connectivity index (χ1v) is 7.28. The second-order valence-corrected chi connectivity index (χ2v) is 5.41. The molecule has 104 valence electrons. The van der Waals surface area contributed by atoms with Crippen molar-refractivity contribution in [3.05, 3.63) is 35.4 Å². The molecule has 1 atom stereocenters. The minimum absolute atomic E-state index is 0.283. The van der Waals surface area contributed by atoms with Crippen LogP contribution in [0, 0.1) is 6.92 Å². The van der Waals surface area contributed by atoms with Crippen LogP contribution in [0.3, 0.4) is 0 Å². The van der Waals surface area contributed by atoms with Crippen LogP contribution in [0.15, 0.2) is 24.3 Å². The largest absolute Gasteiger partial charge is 0.336 e. The molecule has 0 aliphatic carbocycles. The zero-order chi connectivity index (χ0) is 13.7. The molecule has 19 heavy (non-hydrogen) atoms. The summed E-state index contributed by atoms with van der Waals surface area (Å²) < 4.78 is 0. The zero-order valence-corrected chi connectivity index (χ0v) is 11.8. The summed E-state index contributed by atoms with van der Waals surface area (Å²) in [6, 6.07) is 8.82. The van der Waals surface area contributed by atoms with E-state index < -0.39 is 0 Å². The van der Waals surface area contributed by atoms with Gasteiger partial charge in [-0.1, -0.05) is 29.8 Å². The van der Waals surface area contributed by atoms with Crippen LogP contribution in [0.5, 0.6) is 0 Å². The number of nitrogens with two attached hydrogens (primary N) is 1. The van der Waals surface area contributed by atoms with Gasteiger partial charge in [0.2, 0.25) is 5.91 Å². The normalized spacial score (nSPS) is 18.8. The summed E-state index contributed by atoms with van der Waals surface area (Å²) in [6.45, 7) is 3.68. The van der Waals surface area contributed by atoms with E-state index >= 15 is 0 Å². The van der Waals surface area contributed by atoms with Gasteiger partial charge in [0, 0.05) is 13.0 Å². The second-order valence-electron chi connectivity index (χ2n) is 5.41. The van der Waals surface area contributed by atoms with Crippen LogP contribution in [-0.2, 0) is 4.79 Å². The van der Waals surface area contributed by atoms with Crippen molar-refractivity contribution in [1.82, 2.24) is 4.90 Å². The SMILES string of the molecule is Cc1cccc(C2CCCN2C(=O)CCCCN)c1. The Morgan fingerprint density at radius 3 is 3.00 bits per heavy atom. The molecule has 3 heteroatoms. The van der Waals surface area contributed by atoms with Gasteiger partial charge in [0.05, 0.1) is 6.04 Å². The Hall–Kier alpha value is -1.35. The molecular formula is C16H24N2O. The first-order chi connectivity index (χ1) is 9.22. The van der Waals surface area contributed by atoms with Crippen LogP contribution >= 0.6 is 0 Å². The molecule has 1 unspecified atom stereocenters. The molecule has 1 aliphatic rings. The first-order valence-electron chi connectivity index (χ1n) is 7.28. The van der Waals surface area contributed by atoms with Gasteiger partial charge in [-0.3, -0.25) is 4.79 Å². The quantitative estimate of drug-likeness (QED) is 0.827. The molecule has 0 spiro atoms. The minimum Gasteiger partial charge on any atom is -0.336 e. The summed E-state index contributed by atoms with van der Waals surface area (Å²) in [7, 11) is 0. The first kappa shape index (κ1) is 14.1. The molecule has 1 fully saturated rings. The lowest BCUT2D eigenvalue weighted by Gasteiger charge is -2.25. The van der Waals surface area contributed by atoms with E-state index in [4.69, 9.17) is 5.73 Å². The number of hydrogen-bond donors (Lipinski definition) is 1. The third-order valence-corrected chi connectivity index (χ3v) is 3.84. The van der Waals surface area contributed by atoms with Crippen molar-refractivity contribution in [1.29, 1.82) is 0 Å². The monoisotopic (exact) mass is 260 g/mol. The molecule has 1 saturated heterocycles.